The molecule has 0 atom stereocenters. The van der Waals surface area contributed by atoms with Gasteiger partial charge in [-0.15, -0.1) is 0 Å². The lowest BCUT2D eigenvalue weighted by Gasteiger charge is -2.06. The number of H-pyrrole nitrogens is 2. The number of aryl methyl sites for hydroxylation is 4. The van der Waals surface area contributed by atoms with Gasteiger partial charge in [0.25, 0.3) is 0 Å². The van der Waals surface area contributed by atoms with Crippen molar-refractivity contribution in [3.63, 3.8) is 0 Å². The van der Waals surface area contributed by atoms with Gasteiger partial charge in [0.1, 0.15) is 22.6 Å². The number of aromatic amines is 2. The first-order valence-corrected chi connectivity index (χ1v) is 16.7. The second kappa shape index (κ2) is 13.0. The smallest absolute Gasteiger partial charge is 0.320 e. The molecule has 0 radical (unpaired) electrons. The topological polar surface area (TPSA) is 144 Å². The first-order valence-electron chi connectivity index (χ1n) is 16.7. The second-order valence-electron chi connectivity index (χ2n) is 11.7. The molecule has 0 spiro atoms. The molecule has 46 heavy (non-hydrogen) atoms. The lowest BCUT2D eigenvalue weighted by molar-refractivity contribution is -0.385. The van der Waals surface area contributed by atoms with Crippen LogP contribution in [0.2, 0.25) is 0 Å². The minimum atomic E-state index is -0.405. The Morgan fingerprint density at radius 1 is 0.522 bits per heavy atom. The number of fused-ring (bicyclic) bond motifs is 8. The van der Waals surface area contributed by atoms with Gasteiger partial charge in [-0.3, -0.25) is 20.2 Å². The lowest BCUT2D eigenvalue weighted by atomic mass is 9.96. The van der Waals surface area contributed by atoms with E-state index in [1.807, 2.05) is 40.7 Å². The van der Waals surface area contributed by atoms with Gasteiger partial charge in [-0.05, 0) is 108 Å². The Kier molecular flexibility index (Phi) is 9.28. The molecular weight excluding hydrogens is 580 g/mol. The average Bonchev–Trinajstić information content (AvgIpc) is 3.76. The van der Waals surface area contributed by atoms with E-state index in [9.17, 15) is 20.2 Å². The summed E-state index contributed by atoms with van der Waals surface area (Å²) in [5.74, 6) is 0. The molecule has 242 valence electrons. The van der Waals surface area contributed by atoms with Crippen molar-refractivity contribution in [2.24, 2.45) is 0 Å². The number of rotatable bonds is 10. The molecule has 0 fully saturated rings. The van der Waals surface area contributed by atoms with Gasteiger partial charge in [0.15, 0.2) is 0 Å². The van der Waals surface area contributed by atoms with Gasteiger partial charge in [0.05, 0.1) is 15.5 Å². The van der Waals surface area contributed by atoms with Crippen LogP contribution in [0.25, 0.3) is 44.4 Å². The van der Waals surface area contributed by atoms with E-state index < -0.39 is 4.92 Å². The maximum atomic E-state index is 13.1. The molecule has 10 heteroatoms. The van der Waals surface area contributed by atoms with Gasteiger partial charge in [0.2, 0.25) is 0 Å². The molecule has 8 bridgehead atoms. The second-order valence-corrected chi connectivity index (χ2v) is 11.7. The highest BCUT2D eigenvalue weighted by Gasteiger charge is 2.36. The first-order chi connectivity index (χ1) is 22.1. The quantitative estimate of drug-likeness (QED) is 0.170. The molecule has 0 saturated heterocycles. The Labute approximate surface area is 269 Å². The number of nitro groups is 2. The van der Waals surface area contributed by atoms with Gasteiger partial charge in [-0.2, -0.15) is 0 Å². The Morgan fingerprint density at radius 3 is 1.41 bits per heavy atom. The fourth-order valence-corrected chi connectivity index (χ4v) is 7.59. The maximum Gasteiger partial charge on any atom is 0.320 e. The third kappa shape index (κ3) is 5.04. The van der Waals surface area contributed by atoms with Crippen LogP contribution in [0.1, 0.15) is 126 Å². The van der Waals surface area contributed by atoms with Gasteiger partial charge in [-0.1, -0.05) is 55.4 Å². The molecule has 5 rings (SSSR count). The van der Waals surface area contributed by atoms with Crippen LogP contribution in [-0.4, -0.2) is 29.8 Å². The van der Waals surface area contributed by atoms with Crippen molar-refractivity contribution in [3.05, 3.63) is 77.4 Å². The minimum absolute atomic E-state index is 0.148. The average molecular weight is 625 g/mol. The highest BCUT2D eigenvalue weighted by molar-refractivity contribution is 6.02. The van der Waals surface area contributed by atoms with Crippen LogP contribution < -0.4 is 0 Å². The third-order valence-corrected chi connectivity index (χ3v) is 9.56. The van der Waals surface area contributed by atoms with Crippen molar-refractivity contribution < 1.29 is 9.85 Å². The van der Waals surface area contributed by atoms with Crippen LogP contribution in [0.4, 0.5) is 11.4 Å². The highest BCUT2D eigenvalue weighted by Crippen LogP contribution is 2.47. The molecule has 5 heterocycles. The predicted octanol–water partition coefficient (Wildman–Crippen LogP) is 9.84. The molecule has 0 aliphatic carbocycles. The molecule has 0 saturated carbocycles. The molecule has 0 unspecified atom stereocenters. The number of aromatic nitrogens is 4. The summed E-state index contributed by atoms with van der Waals surface area (Å²) in [6.45, 7) is 16.2. The third-order valence-electron chi connectivity index (χ3n) is 9.56. The molecular formula is C36H44N6O4. The van der Waals surface area contributed by atoms with E-state index in [-0.39, 0.29) is 27.7 Å². The summed E-state index contributed by atoms with van der Waals surface area (Å²) in [7, 11) is 0. The summed E-state index contributed by atoms with van der Waals surface area (Å²) in [6, 6.07) is 4.13. The highest BCUT2D eigenvalue weighted by atomic mass is 16.6. The largest absolute Gasteiger partial charge is 0.355 e. The van der Waals surface area contributed by atoms with E-state index in [1.165, 1.54) is 11.1 Å². The Bertz CT molecular complexity index is 1990. The van der Waals surface area contributed by atoms with Gasteiger partial charge < -0.3 is 9.97 Å². The Balaban J connectivity index is 2.21. The zero-order valence-electron chi connectivity index (χ0n) is 28.2. The lowest BCUT2D eigenvalue weighted by Crippen LogP contribution is -2.00. The zero-order valence-corrected chi connectivity index (χ0v) is 28.2. The molecule has 0 amide bonds. The predicted molar refractivity (Wildman–Crippen MR) is 187 cm³/mol. The van der Waals surface area contributed by atoms with Gasteiger partial charge >= 0.3 is 11.4 Å². The van der Waals surface area contributed by atoms with E-state index >= 15 is 0 Å². The van der Waals surface area contributed by atoms with Crippen LogP contribution >= 0.6 is 0 Å². The van der Waals surface area contributed by atoms with E-state index in [2.05, 4.69) is 36.8 Å². The standard InChI is InChI=1S/C36H44N6O4/c1-9-19-20(10-2)28-18-30-22(12-4)24(14-6)32(39-30)36(42(45)46)34-26(16-8)25(15-7)33(40-34)35(41(43)44)31-23(13-5)21(11-3)29(38-31)17-27(19)37-28/h17-18,37-38H,9-16H2,1-8H3. The number of hydrogen-bond acceptors (Lipinski definition) is 6. The molecule has 10 nitrogen and oxygen atoms in total. The normalized spacial score (nSPS) is 13.2. The van der Waals surface area contributed by atoms with Crippen molar-refractivity contribution in [1.82, 2.24) is 19.9 Å². The van der Waals surface area contributed by atoms with Crippen LogP contribution in [0, 0.1) is 20.2 Å². The van der Waals surface area contributed by atoms with Crippen molar-refractivity contribution in [2.45, 2.75) is 107 Å². The van der Waals surface area contributed by atoms with Crippen LogP contribution in [-0.2, 0) is 25.7 Å². The molecule has 0 aromatic carbocycles. The first kappa shape index (κ1) is 32.8. The van der Waals surface area contributed by atoms with Crippen LogP contribution in [0.3, 0.4) is 0 Å². The van der Waals surface area contributed by atoms with Crippen molar-refractivity contribution >= 4 is 55.7 Å². The monoisotopic (exact) mass is 624 g/mol. The fourth-order valence-electron chi connectivity index (χ4n) is 7.59. The summed E-state index contributed by atoms with van der Waals surface area (Å²) in [4.78, 5) is 42.2. The van der Waals surface area contributed by atoms with E-state index in [4.69, 9.17) is 9.97 Å². The van der Waals surface area contributed by atoms with E-state index in [0.717, 1.165) is 51.7 Å². The van der Waals surface area contributed by atoms with Crippen molar-refractivity contribution in [2.75, 3.05) is 0 Å². The van der Waals surface area contributed by atoms with Crippen LogP contribution in [0.15, 0.2) is 12.1 Å². The number of hydrogen-bond donors (Lipinski definition) is 2. The fraction of sp³-hybridized carbons (Fsp3) is 0.444. The Morgan fingerprint density at radius 2 is 0.935 bits per heavy atom. The summed E-state index contributed by atoms with van der Waals surface area (Å²) >= 11 is 0. The molecule has 2 aliphatic heterocycles. The van der Waals surface area contributed by atoms with Gasteiger partial charge in [0, 0.05) is 16.6 Å². The SMILES string of the molecule is CCC1=C(CC)c2nc1cc1[nH]c(cc3[nH]c(c(CC)c3CC)c([N+](=O)[O-])c3nc(c2[N+](=O)[O-])C(CC)=C3CC)c(CC)c1CC. The number of allylic oxidation sites excluding steroid dienone is 4. The van der Waals surface area contributed by atoms with Crippen molar-refractivity contribution in [1.29, 1.82) is 0 Å². The minimum Gasteiger partial charge on any atom is -0.355 e. The van der Waals surface area contributed by atoms with Crippen LogP contribution in [0.5, 0.6) is 0 Å². The molecule has 2 N–H and O–H groups in total. The van der Waals surface area contributed by atoms with E-state index in [1.54, 1.807) is 0 Å². The summed E-state index contributed by atoms with van der Waals surface area (Å²) in [5, 5.41) is 26.1. The molecule has 3 aromatic heterocycles. The maximum absolute atomic E-state index is 13.1. The van der Waals surface area contributed by atoms with Gasteiger partial charge in [-0.25, -0.2) is 9.97 Å². The molecule has 3 aromatic rings. The summed E-state index contributed by atoms with van der Waals surface area (Å²) in [6.07, 6.45) is 4.91. The number of nitrogens with one attached hydrogen (secondary N) is 2. The Hall–Kier alpha value is -4.60. The summed E-state index contributed by atoms with van der Waals surface area (Å²) in [5.41, 5.74) is 11.4. The van der Waals surface area contributed by atoms with Crippen molar-refractivity contribution in [3.8, 4) is 0 Å². The summed E-state index contributed by atoms with van der Waals surface area (Å²) < 4.78 is 0. The zero-order chi connectivity index (χ0) is 33.4. The van der Waals surface area contributed by atoms with E-state index in [0.29, 0.717) is 66.6 Å². The molecule has 2 aliphatic rings. The number of nitrogens with zero attached hydrogens (tertiary/aromatic N) is 4.